The molecule has 0 aliphatic carbocycles. The molecule has 144 valence electrons. The first-order valence-electron chi connectivity index (χ1n) is 8.70. The second-order valence-corrected chi connectivity index (χ2v) is 6.27. The molecule has 3 heterocycles. The highest BCUT2D eigenvalue weighted by Gasteiger charge is 2.36. The number of hydrogen-bond acceptors (Lipinski definition) is 7. The van der Waals surface area contributed by atoms with Crippen LogP contribution in [-0.4, -0.2) is 53.4 Å². The van der Waals surface area contributed by atoms with Gasteiger partial charge in [-0.15, -0.1) is 0 Å². The third-order valence-corrected chi connectivity index (χ3v) is 4.54. The maximum atomic E-state index is 12.5. The van der Waals surface area contributed by atoms with Gasteiger partial charge in [0.2, 0.25) is 11.7 Å². The number of rotatable bonds is 5. The van der Waals surface area contributed by atoms with Crippen molar-refractivity contribution in [1.29, 1.82) is 0 Å². The monoisotopic (exact) mass is 381 g/mol. The predicted molar refractivity (Wildman–Crippen MR) is 100 cm³/mol. The van der Waals surface area contributed by atoms with Crippen LogP contribution in [-0.2, 0) is 0 Å². The van der Waals surface area contributed by atoms with Crippen LogP contribution >= 0.6 is 0 Å². The molecule has 0 spiro atoms. The van der Waals surface area contributed by atoms with Gasteiger partial charge in [-0.3, -0.25) is 4.98 Å². The largest absolute Gasteiger partial charge is 0.493 e. The van der Waals surface area contributed by atoms with Crippen molar-refractivity contribution >= 4 is 11.7 Å². The Bertz CT molecular complexity index is 969. The summed E-state index contributed by atoms with van der Waals surface area (Å²) in [5, 5.41) is 6.85. The minimum Gasteiger partial charge on any atom is -0.493 e. The average molecular weight is 381 g/mol. The molecule has 0 unspecified atom stereocenters. The van der Waals surface area contributed by atoms with Crippen LogP contribution in [0.3, 0.4) is 0 Å². The predicted octanol–water partition coefficient (Wildman–Crippen LogP) is 2.78. The zero-order chi connectivity index (χ0) is 19.5. The third-order valence-electron chi connectivity index (χ3n) is 4.54. The van der Waals surface area contributed by atoms with E-state index in [1.54, 1.807) is 42.6 Å². The van der Waals surface area contributed by atoms with Crippen molar-refractivity contribution in [2.45, 2.75) is 5.92 Å². The van der Waals surface area contributed by atoms with E-state index in [1.165, 1.54) is 7.11 Å². The van der Waals surface area contributed by atoms with E-state index in [0.29, 0.717) is 42.0 Å². The summed E-state index contributed by atoms with van der Waals surface area (Å²) >= 11 is 0. The van der Waals surface area contributed by atoms with Crippen LogP contribution < -0.4 is 14.8 Å². The normalized spacial score (nSPS) is 13.7. The average Bonchev–Trinajstić information content (AvgIpc) is 3.17. The molecule has 9 heteroatoms. The number of pyridine rings is 1. The fourth-order valence-electron chi connectivity index (χ4n) is 3.00. The SMILES string of the molecule is COc1cccc(NC(=O)N2CC(c3nc(-c4ccncc4)no3)C2)c1OC. The second kappa shape index (κ2) is 7.55. The number of methoxy groups -OCH3 is 2. The fourth-order valence-corrected chi connectivity index (χ4v) is 3.00. The van der Waals surface area contributed by atoms with E-state index in [2.05, 4.69) is 20.4 Å². The smallest absolute Gasteiger partial charge is 0.321 e. The molecule has 0 radical (unpaired) electrons. The van der Waals surface area contributed by atoms with Crippen molar-refractivity contribution in [2.24, 2.45) is 0 Å². The molecule has 1 aromatic carbocycles. The van der Waals surface area contributed by atoms with Crippen LogP contribution in [0.15, 0.2) is 47.2 Å². The van der Waals surface area contributed by atoms with Crippen molar-refractivity contribution in [3.63, 3.8) is 0 Å². The molecule has 1 aliphatic rings. The number of urea groups is 1. The Morgan fingerprint density at radius 2 is 1.96 bits per heavy atom. The Labute approximate surface area is 161 Å². The third kappa shape index (κ3) is 3.34. The number of benzene rings is 1. The Morgan fingerprint density at radius 3 is 2.68 bits per heavy atom. The van der Waals surface area contributed by atoms with Gasteiger partial charge in [-0.1, -0.05) is 11.2 Å². The molecule has 9 nitrogen and oxygen atoms in total. The number of hydrogen-bond donors (Lipinski definition) is 1. The first kappa shape index (κ1) is 17.8. The van der Waals surface area contributed by atoms with Crippen molar-refractivity contribution < 1.29 is 18.8 Å². The molecule has 1 fully saturated rings. The molecule has 2 aromatic heterocycles. The number of carbonyl (C=O) groups excluding carboxylic acids is 1. The molecule has 28 heavy (non-hydrogen) atoms. The number of nitrogens with zero attached hydrogens (tertiary/aromatic N) is 4. The van der Waals surface area contributed by atoms with Crippen molar-refractivity contribution in [3.8, 4) is 22.9 Å². The van der Waals surface area contributed by atoms with Gasteiger partial charge in [0.15, 0.2) is 11.5 Å². The summed E-state index contributed by atoms with van der Waals surface area (Å²) in [5.74, 6) is 2.09. The number of nitrogens with one attached hydrogen (secondary N) is 1. The summed E-state index contributed by atoms with van der Waals surface area (Å²) in [4.78, 5) is 22.6. The van der Waals surface area contributed by atoms with E-state index in [0.717, 1.165) is 5.56 Å². The lowest BCUT2D eigenvalue weighted by Crippen LogP contribution is -2.50. The molecular weight excluding hydrogens is 362 g/mol. The highest BCUT2D eigenvalue weighted by Crippen LogP contribution is 2.35. The van der Waals surface area contributed by atoms with Crippen LogP contribution in [0, 0.1) is 0 Å². The Balaban J connectivity index is 1.38. The van der Waals surface area contributed by atoms with Gasteiger partial charge < -0.3 is 24.2 Å². The summed E-state index contributed by atoms with van der Waals surface area (Å²) in [6.07, 6.45) is 3.35. The topological polar surface area (TPSA) is 103 Å². The number of amides is 2. The lowest BCUT2D eigenvalue weighted by molar-refractivity contribution is 0.147. The summed E-state index contributed by atoms with van der Waals surface area (Å²) in [5.41, 5.74) is 1.39. The highest BCUT2D eigenvalue weighted by atomic mass is 16.5. The molecule has 0 saturated carbocycles. The summed E-state index contributed by atoms with van der Waals surface area (Å²) in [7, 11) is 3.08. The Kier molecular flexibility index (Phi) is 4.79. The number of carbonyl (C=O) groups is 1. The molecule has 0 atom stereocenters. The molecule has 1 saturated heterocycles. The van der Waals surface area contributed by atoms with Crippen molar-refractivity contribution in [3.05, 3.63) is 48.6 Å². The quantitative estimate of drug-likeness (QED) is 0.725. The maximum Gasteiger partial charge on any atom is 0.321 e. The molecule has 3 aromatic rings. The number of likely N-dealkylation sites (tertiary alicyclic amines) is 1. The Hall–Kier alpha value is -3.62. The van der Waals surface area contributed by atoms with Gasteiger partial charge in [0.25, 0.3) is 0 Å². The standard InChI is InChI=1S/C19H19N5O4/c1-26-15-5-3-4-14(16(15)27-2)21-19(25)24-10-13(11-24)18-22-17(23-28-18)12-6-8-20-9-7-12/h3-9,13H,10-11H2,1-2H3,(H,21,25). The minimum atomic E-state index is -0.225. The number of anilines is 1. The molecule has 2 amide bonds. The molecule has 1 N–H and O–H groups in total. The van der Waals surface area contributed by atoms with Crippen molar-refractivity contribution in [1.82, 2.24) is 20.0 Å². The molecule has 4 rings (SSSR count). The number of ether oxygens (including phenoxy) is 2. The van der Waals surface area contributed by atoms with Crippen LogP contribution in [0.4, 0.5) is 10.5 Å². The van der Waals surface area contributed by atoms with E-state index >= 15 is 0 Å². The van der Waals surface area contributed by atoms with Crippen LogP contribution in [0.1, 0.15) is 11.8 Å². The fraction of sp³-hybridized carbons (Fsp3) is 0.263. The summed E-state index contributed by atoms with van der Waals surface area (Å²) in [6, 6.07) is 8.72. The van der Waals surface area contributed by atoms with Gasteiger partial charge in [0.05, 0.1) is 25.8 Å². The van der Waals surface area contributed by atoms with E-state index in [9.17, 15) is 4.79 Å². The first-order chi connectivity index (χ1) is 13.7. The second-order valence-electron chi connectivity index (χ2n) is 6.27. The number of aromatic nitrogens is 3. The van der Waals surface area contributed by atoms with Gasteiger partial charge in [0, 0.05) is 31.0 Å². The van der Waals surface area contributed by atoms with Crippen LogP contribution in [0.25, 0.3) is 11.4 Å². The van der Waals surface area contributed by atoms with Gasteiger partial charge in [-0.05, 0) is 24.3 Å². The van der Waals surface area contributed by atoms with Gasteiger partial charge in [0.1, 0.15) is 0 Å². The van der Waals surface area contributed by atoms with Crippen LogP contribution in [0.2, 0.25) is 0 Å². The molecular formula is C19H19N5O4. The molecule has 0 bridgehead atoms. The van der Waals surface area contributed by atoms with Crippen LogP contribution in [0.5, 0.6) is 11.5 Å². The van der Waals surface area contributed by atoms with E-state index < -0.39 is 0 Å². The van der Waals surface area contributed by atoms with E-state index in [4.69, 9.17) is 14.0 Å². The highest BCUT2D eigenvalue weighted by molar-refractivity contribution is 5.92. The minimum absolute atomic E-state index is 0.0149. The first-order valence-corrected chi connectivity index (χ1v) is 8.70. The summed E-state index contributed by atoms with van der Waals surface area (Å²) in [6.45, 7) is 0.992. The zero-order valence-electron chi connectivity index (χ0n) is 15.5. The van der Waals surface area contributed by atoms with Gasteiger partial charge >= 0.3 is 6.03 Å². The molecule has 1 aliphatic heterocycles. The van der Waals surface area contributed by atoms with Gasteiger partial charge in [-0.25, -0.2) is 4.79 Å². The van der Waals surface area contributed by atoms with Crippen molar-refractivity contribution in [2.75, 3.05) is 32.6 Å². The van der Waals surface area contributed by atoms with Gasteiger partial charge in [-0.2, -0.15) is 4.98 Å². The lowest BCUT2D eigenvalue weighted by atomic mass is 10.0. The number of para-hydroxylation sites is 1. The maximum absolute atomic E-state index is 12.5. The summed E-state index contributed by atoms with van der Waals surface area (Å²) < 4.78 is 16.0. The lowest BCUT2D eigenvalue weighted by Gasteiger charge is -2.37. The van der Waals surface area contributed by atoms with E-state index in [1.807, 2.05) is 12.1 Å². The Morgan fingerprint density at radius 1 is 1.18 bits per heavy atom. The van der Waals surface area contributed by atoms with E-state index in [-0.39, 0.29) is 11.9 Å². The zero-order valence-corrected chi connectivity index (χ0v) is 15.5.